The Hall–Kier alpha value is -6.00. The van der Waals surface area contributed by atoms with Crippen LogP contribution in [0.15, 0.2) is 154 Å². The zero-order chi connectivity index (χ0) is 38.6. The van der Waals surface area contributed by atoms with Crippen molar-refractivity contribution in [3.8, 4) is 45.0 Å². The molecule has 0 aliphatic heterocycles. The first-order chi connectivity index (χ1) is 26.4. The van der Waals surface area contributed by atoms with E-state index in [0.717, 1.165) is 16.3 Å². The zero-order valence-electron chi connectivity index (χ0n) is 33.7. The van der Waals surface area contributed by atoms with Crippen molar-refractivity contribution in [3.05, 3.63) is 145 Å². The summed E-state index contributed by atoms with van der Waals surface area (Å²) in [5, 5.41) is 1.41. The molecule has 0 bridgehead atoms. The van der Waals surface area contributed by atoms with E-state index in [1.165, 1.54) is 0 Å². The van der Waals surface area contributed by atoms with Crippen molar-refractivity contribution in [2.45, 2.75) is 0 Å². The zero-order valence-corrected chi connectivity index (χ0v) is 22.7. The fraction of sp³-hybridized carbons (Fsp3) is 0. The largest absolute Gasteiger partial charge is 0.456 e. The van der Waals surface area contributed by atoms with Crippen LogP contribution in [0.25, 0.3) is 88.9 Å². The van der Waals surface area contributed by atoms with Gasteiger partial charge in [0.25, 0.3) is 0 Å². The summed E-state index contributed by atoms with van der Waals surface area (Å²) in [5.74, 6) is -0.0616. The molecule has 6 aromatic carbocycles. The Morgan fingerprint density at radius 3 is 2.18 bits per heavy atom. The number of aromatic nitrogens is 2. The van der Waals surface area contributed by atoms with Crippen LogP contribution in [-0.4, -0.2) is 9.97 Å². The maximum atomic E-state index is 9.37. The molecule has 0 amide bonds. The molecule has 0 unspecified atom stereocenters. The van der Waals surface area contributed by atoms with Crippen LogP contribution < -0.4 is 0 Å². The molecule has 0 saturated carbocycles. The summed E-state index contributed by atoms with van der Waals surface area (Å²) < 4.78 is 108. The van der Waals surface area contributed by atoms with E-state index in [1.807, 2.05) is 72.8 Å². The van der Waals surface area contributed by atoms with Gasteiger partial charge in [0.15, 0.2) is 5.82 Å². The summed E-state index contributed by atoms with van der Waals surface area (Å²) in [4.78, 5) is 9.64. The first-order valence-corrected chi connectivity index (χ1v) is 13.8. The summed E-state index contributed by atoms with van der Waals surface area (Å²) >= 11 is 0. The van der Waals surface area contributed by atoms with E-state index in [4.69, 9.17) is 28.4 Å². The predicted octanol–water partition coefficient (Wildman–Crippen LogP) is 10.9. The molecule has 0 aliphatic rings. The van der Waals surface area contributed by atoms with E-state index >= 15 is 0 Å². The van der Waals surface area contributed by atoms with Gasteiger partial charge in [-0.15, -0.1) is 0 Å². The van der Waals surface area contributed by atoms with Crippen LogP contribution in [-0.2, 0) is 0 Å². The molecule has 0 spiro atoms. The third kappa shape index (κ3) is 4.00. The molecular weight excluding hydrogens is 540 g/mol. The molecule has 0 atom stereocenters. The highest BCUT2D eigenvalue weighted by molar-refractivity contribution is 6.10. The van der Waals surface area contributed by atoms with Gasteiger partial charge in [-0.3, -0.25) is 0 Å². The Kier molecular flexibility index (Phi) is 3.56. The smallest absolute Gasteiger partial charge is 0.160 e. The van der Waals surface area contributed by atoms with Crippen LogP contribution in [0.4, 0.5) is 0 Å². The second-order valence-corrected chi connectivity index (χ2v) is 10.1. The fourth-order valence-corrected chi connectivity index (χ4v) is 5.41. The SMILES string of the molecule is [2H]c1c([2H])c([2H])c(-c2c([2H])c([2H])c3oc4c([2H])c(-c5nc(-c6ccccc6)cc(-c6cccc7c6oc6ccccc67)n5)c([2H])c([2H])c4c3c2[2H])c([2H])c1[2H]. The number of rotatable bonds is 4. The van der Waals surface area contributed by atoms with Crippen LogP contribution >= 0.6 is 0 Å². The van der Waals surface area contributed by atoms with Gasteiger partial charge in [0.2, 0.25) is 0 Å². The van der Waals surface area contributed by atoms with Crippen LogP contribution in [0.2, 0.25) is 0 Å². The minimum absolute atomic E-state index is 0.0616. The standard InChI is InChI=1S/C40H24N2O2/c1-3-10-25(11-4-1)27-19-21-37-33(22-27)30-20-18-28(23-38(30)43-37)40-41-34(26-12-5-2-6-13-26)24-35(42-40)32-16-9-15-31-29-14-7-8-17-36(29)44-39(31)32/h1-24H/i1D,3D,4D,10D,11D,18D,19D,20D,21D,22D,23D. The van der Waals surface area contributed by atoms with Crippen LogP contribution in [0.1, 0.15) is 15.1 Å². The molecule has 4 nitrogen and oxygen atoms in total. The van der Waals surface area contributed by atoms with Crippen molar-refractivity contribution < 1.29 is 23.9 Å². The van der Waals surface area contributed by atoms with Crippen molar-refractivity contribution >= 4 is 43.9 Å². The Bertz CT molecular complexity index is 3090. The van der Waals surface area contributed by atoms with Gasteiger partial charge in [-0.1, -0.05) is 103 Å². The maximum Gasteiger partial charge on any atom is 0.160 e. The number of benzene rings is 6. The molecule has 4 heteroatoms. The highest BCUT2D eigenvalue weighted by Crippen LogP contribution is 2.38. The molecule has 206 valence electrons. The third-order valence-corrected chi connectivity index (χ3v) is 7.46. The first-order valence-electron chi connectivity index (χ1n) is 19.3. The lowest BCUT2D eigenvalue weighted by atomic mass is 10.0. The number of hydrogen-bond acceptors (Lipinski definition) is 4. The average Bonchev–Trinajstić information content (AvgIpc) is 3.80. The summed E-state index contributed by atoms with van der Waals surface area (Å²) in [7, 11) is 0. The topological polar surface area (TPSA) is 52.1 Å². The molecule has 9 aromatic rings. The number of nitrogens with zero attached hydrogens (tertiary/aromatic N) is 2. The van der Waals surface area contributed by atoms with Gasteiger partial charge in [0, 0.05) is 38.2 Å². The molecular formula is C40H24N2O2. The van der Waals surface area contributed by atoms with Crippen molar-refractivity contribution in [3.63, 3.8) is 0 Å². The van der Waals surface area contributed by atoms with Gasteiger partial charge in [0.05, 0.1) is 26.5 Å². The monoisotopic (exact) mass is 575 g/mol. The fourth-order valence-electron chi connectivity index (χ4n) is 5.41. The van der Waals surface area contributed by atoms with Crippen molar-refractivity contribution in [2.75, 3.05) is 0 Å². The lowest BCUT2D eigenvalue weighted by molar-refractivity contribution is 0.669. The van der Waals surface area contributed by atoms with Crippen molar-refractivity contribution in [1.29, 1.82) is 0 Å². The van der Waals surface area contributed by atoms with Gasteiger partial charge < -0.3 is 8.83 Å². The lowest BCUT2D eigenvalue weighted by Crippen LogP contribution is -1.96. The van der Waals surface area contributed by atoms with Crippen LogP contribution in [0, 0.1) is 0 Å². The number of hydrogen-bond donors (Lipinski definition) is 0. The second kappa shape index (κ2) is 9.79. The predicted molar refractivity (Wildman–Crippen MR) is 178 cm³/mol. The Labute approximate surface area is 268 Å². The Morgan fingerprint density at radius 2 is 1.27 bits per heavy atom. The number of fused-ring (bicyclic) bond motifs is 6. The highest BCUT2D eigenvalue weighted by atomic mass is 16.3. The molecule has 3 aromatic heterocycles. The average molecular weight is 576 g/mol. The Morgan fingerprint density at radius 1 is 0.477 bits per heavy atom. The van der Waals surface area contributed by atoms with Crippen LogP contribution in [0.3, 0.4) is 0 Å². The van der Waals surface area contributed by atoms with Crippen molar-refractivity contribution in [1.82, 2.24) is 9.97 Å². The Balaban J connectivity index is 1.33. The van der Waals surface area contributed by atoms with E-state index in [0.29, 0.717) is 28.1 Å². The first kappa shape index (κ1) is 16.0. The molecule has 44 heavy (non-hydrogen) atoms. The van der Waals surface area contributed by atoms with Gasteiger partial charge in [-0.05, 0) is 53.5 Å². The van der Waals surface area contributed by atoms with Gasteiger partial charge in [0.1, 0.15) is 22.3 Å². The molecule has 0 aliphatic carbocycles. The molecule has 0 fully saturated rings. The van der Waals surface area contributed by atoms with E-state index in [2.05, 4.69) is 0 Å². The van der Waals surface area contributed by atoms with Gasteiger partial charge in [-0.25, -0.2) is 9.97 Å². The highest BCUT2D eigenvalue weighted by Gasteiger charge is 2.17. The van der Waals surface area contributed by atoms with Gasteiger partial charge in [-0.2, -0.15) is 0 Å². The normalized spacial score (nSPS) is 15.1. The maximum absolute atomic E-state index is 9.37. The molecule has 9 rings (SSSR count). The van der Waals surface area contributed by atoms with E-state index in [9.17, 15) is 5.48 Å². The minimum atomic E-state index is -0.681. The minimum Gasteiger partial charge on any atom is -0.456 e. The molecule has 3 heterocycles. The lowest BCUT2D eigenvalue weighted by Gasteiger charge is -2.10. The summed E-state index contributed by atoms with van der Waals surface area (Å²) in [6.07, 6.45) is 0. The van der Waals surface area contributed by atoms with Gasteiger partial charge >= 0.3 is 0 Å². The molecule has 0 saturated heterocycles. The quantitative estimate of drug-likeness (QED) is 0.209. The van der Waals surface area contributed by atoms with E-state index < -0.39 is 77.6 Å². The number of furan rings is 2. The number of para-hydroxylation sites is 2. The molecule has 0 radical (unpaired) electrons. The summed E-state index contributed by atoms with van der Waals surface area (Å²) in [5.41, 5.74) is 1.88. The molecule has 0 N–H and O–H groups in total. The third-order valence-electron chi connectivity index (χ3n) is 7.46. The van der Waals surface area contributed by atoms with E-state index in [1.54, 1.807) is 6.07 Å². The summed E-state index contributed by atoms with van der Waals surface area (Å²) in [6, 6.07) is 17.9. The van der Waals surface area contributed by atoms with E-state index in [-0.39, 0.29) is 33.3 Å². The second-order valence-electron chi connectivity index (χ2n) is 10.1. The summed E-state index contributed by atoms with van der Waals surface area (Å²) in [6.45, 7) is 0. The van der Waals surface area contributed by atoms with Crippen molar-refractivity contribution in [2.24, 2.45) is 0 Å². The van der Waals surface area contributed by atoms with Crippen LogP contribution in [0.5, 0.6) is 0 Å².